The number of fused-ring (bicyclic) bond motifs is 1. The summed E-state index contributed by atoms with van der Waals surface area (Å²) in [4.78, 5) is 34.6. The van der Waals surface area contributed by atoms with E-state index >= 15 is 0 Å². The number of hydrogen-bond donors (Lipinski definition) is 1. The van der Waals surface area contributed by atoms with Crippen molar-refractivity contribution in [2.45, 2.75) is 31.8 Å². The maximum absolute atomic E-state index is 13.3. The lowest BCUT2D eigenvalue weighted by Gasteiger charge is -2.37. The minimum absolute atomic E-state index is 0.0156. The molecular formula is C28H34Cl2N8O. The van der Waals surface area contributed by atoms with Crippen LogP contribution in [0.25, 0.3) is 0 Å². The van der Waals surface area contributed by atoms with Gasteiger partial charge in [0.2, 0.25) is 5.91 Å². The first-order valence-corrected chi connectivity index (χ1v) is 14.0. The fraction of sp³-hybridized carbons (Fsp3) is 0.429. The average Bonchev–Trinajstić information content (AvgIpc) is 2.94. The topological polar surface area (TPSA) is 93.7 Å². The molecule has 0 radical (unpaired) electrons. The van der Waals surface area contributed by atoms with Crippen LogP contribution < -0.4 is 15.5 Å². The summed E-state index contributed by atoms with van der Waals surface area (Å²) >= 11 is 12.7. The Morgan fingerprint density at radius 3 is 2.62 bits per heavy atom. The number of piperazine rings is 1. The van der Waals surface area contributed by atoms with Crippen LogP contribution in [-0.4, -0.2) is 85.1 Å². The molecule has 1 fully saturated rings. The summed E-state index contributed by atoms with van der Waals surface area (Å²) in [6.45, 7) is 5.45. The molecule has 2 N–H and O–H groups in total. The first-order valence-electron chi connectivity index (χ1n) is 13.3. The van der Waals surface area contributed by atoms with Crippen molar-refractivity contribution in [3.63, 3.8) is 0 Å². The van der Waals surface area contributed by atoms with E-state index in [-0.39, 0.29) is 18.5 Å². The molecule has 1 aromatic heterocycles. The van der Waals surface area contributed by atoms with Crippen molar-refractivity contribution >= 4 is 52.5 Å². The molecule has 0 aliphatic carbocycles. The van der Waals surface area contributed by atoms with E-state index in [2.05, 4.69) is 45.0 Å². The van der Waals surface area contributed by atoms with Gasteiger partial charge in [-0.25, -0.2) is 0 Å². The van der Waals surface area contributed by atoms with Crippen LogP contribution in [0.1, 0.15) is 30.5 Å². The van der Waals surface area contributed by atoms with E-state index < -0.39 is 6.04 Å². The Bertz CT molecular complexity index is 1280. The number of amides is 1. The highest BCUT2D eigenvalue weighted by Gasteiger charge is 2.27. The van der Waals surface area contributed by atoms with Crippen molar-refractivity contribution in [1.82, 2.24) is 14.8 Å². The molecule has 3 aliphatic rings. The normalized spacial score (nSPS) is 20.3. The predicted octanol–water partition coefficient (Wildman–Crippen LogP) is 3.76. The molecule has 5 rings (SSSR count). The first-order chi connectivity index (χ1) is 18.8. The lowest BCUT2D eigenvalue weighted by Crippen LogP contribution is -2.50. The fourth-order valence-electron chi connectivity index (χ4n) is 5.40. The highest BCUT2D eigenvalue weighted by Crippen LogP contribution is 2.33. The number of rotatable bonds is 5. The third-order valence-electron chi connectivity index (χ3n) is 7.56. The zero-order chi connectivity index (χ0) is 27.5. The van der Waals surface area contributed by atoms with Gasteiger partial charge in [0.15, 0.2) is 0 Å². The second-order valence-electron chi connectivity index (χ2n) is 10.1. The molecule has 0 saturated carbocycles. The number of aryl methyl sites for hydroxylation is 1. The van der Waals surface area contributed by atoms with Gasteiger partial charge in [-0.3, -0.25) is 19.8 Å². The van der Waals surface area contributed by atoms with E-state index in [9.17, 15) is 4.79 Å². The Balaban J connectivity index is 1.32. The van der Waals surface area contributed by atoms with E-state index in [4.69, 9.17) is 33.9 Å². The summed E-state index contributed by atoms with van der Waals surface area (Å²) in [5.74, 6) is 0.608. The summed E-state index contributed by atoms with van der Waals surface area (Å²) < 4.78 is 0. The number of carbonyl (C=O) groups excluding carboxylic acids is 1. The average molecular weight is 570 g/mol. The van der Waals surface area contributed by atoms with Gasteiger partial charge in [-0.2, -0.15) is 0 Å². The zero-order valence-electron chi connectivity index (χ0n) is 22.3. The number of amidine groups is 1. The maximum Gasteiger partial charge on any atom is 0.244 e. The second-order valence-corrected chi connectivity index (χ2v) is 10.9. The highest BCUT2D eigenvalue weighted by atomic mass is 35.5. The fourth-order valence-corrected chi connectivity index (χ4v) is 6.00. The Kier molecular flexibility index (Phi) is 8.40. The number of hydrogen-bond acceptors (Lipinski definition) is 7. The van der Waals surface area contributed by atoms with Gasteiger partial charge in [0, 0.05) is 76.5 Å². The molecule has 0 spiro atoms. The third-order valence-corrected chi connectivity index (χ3v) is 8.12. The van der Waals surface area contributed by atoms with Crippen LogP contribution in [0.5, 0.6) is 0 Å². The van der Waals surface area contributed by atoms with Crippen molar-refractivity contribution in [1.29, 1.82) is 0 Å². The molecule has 9 nitrogen and oxygen atoms in total. The van der Waals surface area contributed by atoms with Gasteiger partial charge in [0.1, 0.15) is 12.4 Å². The number of nitrogens with two attached hydrogens (primary N) is 1. The molecule has 3 aliphatic heterocycles. The molecule has 39 heavy (non-hydrogen) atoms. The van der Waals surface area contributed by atoms with Crippen LogP contribution in [0.15, 0.2) is 53.0 Å². The SMILES string of the molecule is CC1C=NC=CN1C(=NCC(=O)N1CCN(c2c(Cl)cncc2Cl)CC1)C(N)c1ccc2c(c1)CCCN2C. The highest BCUT2D eigenvalue weighted by molar-refractivity contribution is 6.38. The number of benzene rings is 1. The zero-order valence-corrected chi connectivity index (χ0v) is 23.8. The van der Waals surface area contributed by atoms with Crippen molar-refractivity contribution in [2.75, 3.05) is 56.1 Å². The van der Waals surface area contributed by atoms with Gasteiger partial charge < -0.3 is 25.3 Å². The number of aromatic nitrogens is 1. The number of nitrogens with zero attached hydrogens (tertiary/aromatic N) is 7. The van der Waals surface area contributed by atoms with E-state index in [1.807, 2.05) is 29.1 Å². The molecule has 2 atom stereocenters. The summed E-state index contributed by atoms with van der Waals surface area (Å²) in [5, 5.41) is 1.01. The van der Waals surface area contributed by atoms with Crippen molar-refractivity contribution in [3.8, 4) is 0 Å². The summed E-state index contributed by atoms with van der Waals surface area (Å²) in [7, 11) is 2.12. The molecule has 2 aromatic rings. The van der Waals surface area contributed by atoms with Gasteiger partial charge in [0.05, 0.1) is 27.8 Å². The molecule has 1 saturated heterocycles. The van der Waals surface area contributed by atoms with Gasteiger partial charge in [0.25, 0.3) is 0 Å². The van der Waals surface area contributed by atoms with E-state index in [1.54, 1.807) is 18.6 Å². The Hall–Kier alpha value is -3.14. The number of anilines is 2. The van der Waals surface area contributed by atoms with Crippen LogP contribution in [0.3, 0.4) is 0 Å². The standard InChI is InChI=1S/C28H34Cl2N8O/c1-19-15-32-7-9-38(19)28(26(31)21-5-6-24-20(14-21)4-3-8-35(24)2)34-18-25(39)36-10-12-37(13-11-36)27-22(29)16-33-17-23(27)30/h5-7,9,14-17,19,26H,3-4,8,10-13,18,31H2,1-2H3. The van der Waals surface area contributed by atoms with Crippen molar-refractivity contribution in [3.05, 3.63) is 64.2 Å². The minimum atomic E-state index is -0.484. The van der Waals surface area contributed by atoms with Crippen LogP contribution in [0.2, 0.25) is 10.0 Å². The van der Waals surface area contributed by atoms with Crippen molar-refractivity contribution < 1.29 is 4.79 Å². The van der Waals surface area contributed by atoms with Gasteiger partial charge in [-0.05, 0) is 37.0 Å². The number of pyridine rings is 1. The molecule has 4 heterocycles. The number of halogens is 2. The lowest BCUT2D eigenvalue weighted by atomic mass is 9.96. The molecule has 2 unspecified atom stereocenters. The van der Waals surface area contributed by atoms with Crippen LogP contribution in [-0.2, 0) is 11.2 Å². The molecule has 0 bridgehead atoms. The second kappa shape index (κ2) is 11.9. The van der Waals surface area contributed by atoms with Crippen LogP contribution in [0, 0.1) is 0 Å². The van der Waals surface area contributed by atoms with Crippen LogP contribution >= 0.6 is 23.2 Å². The summed E-state index contributed by atoms with van der Waals surface area (Å²) in [6, 6.07) is 5.89. The third kappa shape index (κ3) is 5.90. The first kappa shape index (κ1) is 27.4. The minimum Gasteiger partial charge on any atom is -0.374 e. The summed E-state index contributed by atoms with van der Waals surface area (Å²) in [6.07, 6.45) is 10.8. The van der Waals surface area contributed by atoms with Gasteiger partial charge >= 0.3 is 0 Å². The lowest BCUT2D eigenvalue weighted by molar-refractivity contribution is -0.129. The van der Waals surface area contributed by atoms with E-state index in [0.717, 1.165) is 30.6 Å². The number of aliphatic imine (C=N–C) groups is 2. The predicted molar refractivity (Wildman–Crippen MR) is 159 cm³/mol. The molecule has 11 heteroatoms. The summed E-state index contributed by atoms with van der Waals surface area (Å²) in [5.41, 5.74) is 11.1. The Labute approximate surface area is 239 Å². The molecule has 1 amide bonds. The molecule has 206 valence electrons. The Morgan fingerprint density at radius 1 is 1.15 bits per heavy atom. The quantitative estimate of drug-likeness (QED) is 0.436. The number of carbonyl (C=O) groups is 1. The molecular weight excluding hydrogens is 535 g/mol. The monoisotopic (exact) mass is 568 g/mol. The van der Waals surface area contributed by atoms with E-state index in [0.29, 0.717) is 42.1 Å². The smallest absolute Gasteiger partial charge is 0.244 e. The maximum atomic E-state index is 13.3. The Morgan fingerprint density at radius 2 is 1.90 bits per heavy atom. The van der Waals surface area contributed by atoms with E-state index in [1.165, 1.54) is 11.3 Å². The van der Waals surface area contributed by atoms with Crippen molar-refractivity contribution in [2.24, 2.45) is 15.7 Å². The van der Waals surface area contributed by atoms with Gasteiger partial charge in [-0.1, -0.05) is 35.3 Å². The molecule has 1 aromatic carbocycles. The largest absolute Gasteiger partial charge is 0.374 e. The van der Waals surface area contributed by atoms with Gasteiger partial charge in [-0.15, -0.1) is 0 Å². The van der Waals surface area contributed by atoms with Crippen LogP contribution in [0.4, 0.5) is 11.4 Å².